The summed E-state index contributed by atoms with van der Waals surface area (Å²) in [6, 6.07) is 0.465. The third-order valence-corrected chi connectivity index (χ3v) is 4.37. The lowest BCUT2D eigenvalue weighted by atomic mass is 9.85. The van der Waals surface area contributed by atoms with Gasteiger partial charge in [0.15, 0.2) is 0 Å². The molecule has 2 unspecified atom stereocenters. The van der Waals surface area contributed by atoms with E-state index in [0.29, 0.717) is 6.02 Å². The van der Waals surface area contributed by atoms with Crippen LogP contribution in [-0.2, 0) is 14.4 Å². The molecule has 0 aromatic rings. The molecule has 108 valence electrons. The van der Waals surface area contributed by atoms with Gasteiger partial charge in [0.05, 0.1) is 40.0 Å². The summed E-state index contributed by atoms with van der Waals surface area (Å²) in [4.78, 5) is 32.3. The van der Waals surface area contributed by atoms with E-state index in [1.807, 2.05) is 28.2 Å². The number of allylic oxidation sites excluding steroid dienone is 2. The number of imide groups is 1. The fourth-order valence-electron chi connectivity index (χ4n) is 3.61. The number of rotatable bonds is 1. The molecule has 0 radical (unpaired) electrons. The summed E-state index contributed by atoms with van der Waals surface area (Å²) in [6.07, 6.45) is 5.07. The lowest BCUT2D eigenvalue weighted by Gasteiger charge is -2.18. The topological polar surface area (TPSA) is 52.9 Å². The predicted molar refractivity (Wildman–Crippen MR) is 71.5 cm³/mol. The van der Waals surface area contributed by atoms with E-state index in [1.54, 1.807) is 9.48 Å². The van der Waals surface area contributed by atoms with Gasteiger partial charge in [-0.25, -0.2) is 9.48 Å². The third kappa shape index (κ3) is 1.67. The van der Waals surface area contributed by atoms with Gasteiger partial charge in [-0.15, -0.1) is 0 Å². The molecule has 0 N–H and O–H groups in total. The number of carbonyl (C=O) groups is 2. The highest BCUT2D eigenvalue weighted by atomic mass is 16.7. The Morgan fingerprint density at radius 1 is 1.20 bits per heavy atom. The molecule has 6 nitrogen and oxygen atoms in total. The van der Waals surface area contributed by atoms with Crippen molar-refractivity contribution in [1.29, 1.82) is 0 Å². The number of amidine groups is 1. The molecule has 20 heavy (non-hydrogen) atoms. The summed E-state index contributed by atoms with van der Waals surface area (Å²) < 4.78 is 1.74. The lowest BCUT2D eigenvalue weighted by molar-refractivity contribution is -0.484. The van der Waals surface area contributed by atoms with Crippen LogP contribution in [0.1, 0.15) is 6.42 Å². The van der Waals surface area contributed by atoms with Crippen molar-refractivity contribution in [3.63, 3.8) is 0 Å². The molecule has 0 aromatic carbocycles. The van der Waals surface area contributed by atoms with Gasteiger partial charge in [-0.05, 0) is 18.3 Å². The molecule has 6 heteroatoms. The summed E-state index contributed by atoms with van der Waals surface area (Å²) in [5.74, 6) is -0.420. The first-order chi connectivity index (χ1) is 9.41. The largest absolute Gasteiger partial charge is 0.470 e. The second-order valence-electron chi connectivity index (χ2n) is 6.13. The highest BCUT2D eigenvalue weighted by Gasteiger charge is 2.61. The van der Waals surface area contributed by atoms with Crippen molar-refractivity contribution >= 4 is 17.8 Å². The maximum Gasteiger partial charge on any atom is 0.470 e. The standard InChI is InChI=1S/C14H20N3O3/c1-15(2)14(16(3)4)20-17-12(18)10-8-5-6-9(7-8)11(10)13(17)19/h5-6,8-11H,7H2,1-4H3/q+1/t8-,9+,10?,11?. The van der Waals surface area contributed by atoms with Crippen LogP contribution in [0.15, 0.2) is 12.2 Å². The maximum atomic E-state index is 12.5. The van der Waals surface area contributed by atoms with Crippen LogP contribution in [0.5, 0.6) is 0 Å². The van der Waals surface area contributed by atoms with Crippen molar-refractivity contribution in [2.75, 3.05) is 28.2 Å². The van der Waals surface area contributed by atoms with Gasteiger partial charge < -0.3 is 0 Å². The Hall–Kier alpha value is -1.85. The van der Waals surface area contributed by atoms with Crippen molar-refractivity contribution in [1.82, 2.24) is 9.96 Å². The average Bonchev–Trinajstić information content (AvgIpc) is 3.02. The fourth-order valence-corrected chi connectivity index (χ4v) is 3.61. The van der Waals surface area contributed by atoms with Gasteiger partial charge in [0.25, 0.3) is 11.8 Å². The molecule has 0 aromatic heterocycles. The van der Waals surface area contributed by atoms with Gasteiger partial charge in [-0.1, -0.05) is 17.2 Å². The number of carbonyl (C=O) groups excluding carboxylic acids is 2. The number of hydrogen-bond acceptors (Lipinski definition) is 3. The Morgan fingerprint density at radius 2 is 1.70 bits per heavy atom. The second-order valence-corrected chi connectivity index (χ2v) is 6.13. The Balaban J connectivity index is 1.85. The van der Waals surface area contributed by atoms with E-state index in [2.05, 4.69) is 12.2 Å². The Kier molecular flexibility index (Phi) is 2.84. The smallest absolute Gasteiger partial charge is 0.292 e. The Labute approximate surface area is 118 Å². The molecule has 4 atom stereocenters. The molecule has 3 aliphatic rings. The quantitative estimate of drug-likeness (QED) is 0.221. The van der Waals surface area contributed by atoms with Gasteiger partial charge >= 0.3 is 6.02 Å². The molecule has 2 aliphatic carbocycles. The summed E-state index contributed by atoms with van der Waals surface area (Å²) >= 11 is 0. The van der Waals surface area contributed by atoms with E-state index in [-0.39, 0.29) is 35.5 Å². The first kappa shape index (κ1) is 13.1. The highest BCUT2D eigenvalue weighted by Crippen LogP contribution is 2.52. The fraction of sp³-hybridized carbons (Fsp3) is 0.643. The van der Waals surface area contributed by atoms with Crippen LogP contribution < -0.4 is 0 Å². The molecular formula is C14H20N3O3+. The van der Waals surface area contributed by atoms with E-state index in [1.165, 1.54) is 0 Å². The van der Waals surface area contributed by atoms with Crippen molar-refractivity contribution in [2.45, 2.75) is 6.42 Å². The average molecular weight is 278 g/mol. The maximum absolute atomic E-state index is 12.5. The predicted octanol–water partition coefficient (Wildman–Crippen LogP) is -0.0852. The van der Waals surface area contributed by atoms with Gasteiger partial charge in [0, 0.05) is 0 Å². The van der Waals surface area contributed by atoms with E-state index in [0.717, 1.165) is 11.5 Å². The van der Waals surface area contributed by atoms with Gasteiger partial charge in [0.1, 0.15) is 0 Å². The van der Waals surface area contributed by atoms with Crippen LogP contribution >= 0.6 is 0 Å². The van der Waals surface area contributed by atoms with Crippen molar-refractivity contribution in [3.8, 4) is 0 Å². The van der Waals surface area contributed by atoms with Crippen molar-refractivity contribution in [2.24, 2.45) is 23.7 Å². The van der Waals surface area contributed by atoms with E-state index < -0.39 is 0 Å². The monoisotopic (exact) mass is 278 g/mol. The highest BCUT2D eigenvalue weighted by molar-refractivity contribution is 6.06. The summed E-state index contributed by atoms with van der Waals surface area (Å²) in [7, 11) is 7.25. The van der Waals surface area contributed by atoms with E-state index in [9.17, 15) is 9.59 Å². The van der Waals surface area contributed by atoms with E-state index in [4.69, 9.17) is 4.84 Å². The summed E-state index contributed by atoms with van der Waals surface area (Å²) in [5, 5.41) is 0.969. The molecule has 1 saturated heterocycles. The second kappa shape index (κ2) is 4.33. The minimum atomic E-state index is -0.219. The van der Waals surface area contributed by atoms with Crippen LogP contribution in [-0.4, -0.2) is 60.6 Å². The van der Waals surface area contributed by atoms with Crippen LogP contribution in [0.3, 0.4) is 0 Å². The summed E-state index contributed by atoms with van der Waals surface area (Å²) in [5.41, 5.74) is 0. The SMILES string of the molecule is CN(C)C(ON1C(=O)C2C(C1=O)[C@H]1C=C[C@@H]2C1)=[N+](C)C. The minimum Gasteiger partial charge on any atom is -0.292 e. The van der Waals surface area contributed by atoms with Gasteiger partial charge in [0.2, 0.25) is 0 Å². The van der Waals surface area contributed by atoms with Gasteiger partial charge in [-0.3, -0.25) is 14.4 Å². The first-order valence-corrected chi connectivity index (χ1v) is 6.87. The Bertz CT molecular complexity index is 504. The number of hydrogen-bond donors (Lipinski definition) is 0. The molecule has 3 rings (SSSR count). The normalized spacial score (nSPS) is 33.7. The first-order valence-electron chi connectivity index (χ1n) is 6.87. The zero-order valence-electron chi connectivity index (χ0n) is 12.2. The Morgan fingerprint density at radius 3 is 2.10 bits per heavy atom. The molecular weight excluding hydrogens is 258 g/mol. The van der Waals surface area contributed by atoms with E-state index >= 15 is 0 Å². The number of nitrogens with zero attached hydrogens (tertiary/aromatic N) is 3. The third-order valence-electron chi connectivity index (χ3n) is 4.37. The van der Waals surface area contributed by atoms with Crippen LogP contribution in [0, 0.1) is 23.7 Å². The number of fused-ring (bicyclic) bond motifs is 5. The molecule has 1 aliphatic heterocycles. The van der Waals surface area contributed by atoms with Crippen molar-refractivity contribution < 1.29 is 19.0 Å². The van der Waals surface area contributed by atoms with Crippen molar-refractivity contribution in [3.05, 3.63) is 12.2 Å². The van der Waals surface area contributed by atoms with Crippen LogP contribution in [0.2, 0.25) is 0 Å². The molecule has 1 saturated carbocycles. The zero-order valence-corrected chi connectivity index (χ0v) is 12.2. The lowest BCUT2D eigenvalue weighted by Crippen LogP contribution is -2.42. The molecule has 0 spiro atoms. The zero-order chi connectivity index (χ0) is 14.6. The van der Waals surface area contributed by atoms with Gasteiger partial charge in [-0.2, -0.15) is 0 Å². The molecule has 2 bridgehead atoms. The number of amides is 2. The number of hydroxylamine groups is 2. The molecule has 2 amide bonds. The molecule has 1 heterocycles. The molecule has 2 fully saturated rings. The van der Waals surface area contributed by atoms with Crippen LogP contribution in [0.25, 0.3) is 0 Å². The minimum absolute atomic E-state index is 0.196. The van der Waals surface area contributed by atoms with Crippen LogP contribution in [0.4, 0.5) is 0 Å². The summed E-state index contributed by atoms with van der Waals surface area (Å²) in [6.45, 7) is 0.